The van der Waals surface area contributed by atoms with Gasteiger partial charge in [0.15, 0.2) is 16.6 Å². The van der Waals surface area contributed by atoms with Gasteiger partial charge in [-0.05, 0) is 36.3 Å². The molecule has 1 aromatic heterocycles. The fraction of sp³-hybridized carbons (Fsp3) is 0.800. The number of nitrogens with zero attached hydrogens (tertiary/aromatic N) is 2. The average molecular weight is 444 g/mol. The highest BCUT2D eigenvalue weighted by Crippen LogP contribution is 2.39. The van der Waals surface area contributed by atoms with Gasteiger partial charge in [0.05, 0.1) is 25.1 Å². The molecule has 1 rings (SSSR count). The van der Waals surface area contributed by atoms with E-state index in [-0.39, 0.29) is 16.2 Å². The molecule has 2 atom stereocenters. The van der Waals surface area contributed by atoms with Crippen LogP contribution in [0.3, 0.4) is 0 Å². The van der Waals surface area contributed by atoms with Crippen molar-refractivity contribution in [3.63, 3.8) is 0 Å². The zero-order valence-electron chi connectivity index (χ0n) is 19.9. The van der Waals surface area contributed by atoms with E-state index in [9.17, 15) is 9.90 Å². The Morgan fingerprint density at radius 1 is 1.10 bits per heavy atom. The van der Waals surface area contributed by atoms with Crippen LogP contribution in [0.15, 0.2) is 18.7 Å². The van der Waals surface area contributed by atoms with Crippen molar-refractivity contribution in [1.82, 2.24) is 14.9 Å². The van der Waals surface area contributed by atoms with Crippen molar-refractivity contribution in [2.45, 2.75) is 96.5 Å². The van der Waals surface area contributed by atoms with Gasteiger partial charge >= 0.3 is 6.09 Å². The SMILES string of the molecule is CC(C)(C)[Si](C)(C)OC[C@@H](O[Si](C)(C)C(C)(C)C)C(Cn1ccnc1)NC(=O)O. The standard InChI is InChI=1S/C20H41N3O4Si2/c1-19(2,3)28(7,8)26-14-17(27-29(9,10)20(4,5)6)16(22-18(24)25)13-23-12-11-21-15-23/h11-12,15-17,22H,13-14H2,1-10H3,(H,24,25)/t16?,17-/m1/s1. The number of nitrogens with one attached hydrogen (secondary N) is 1. The maximum absolute atomic E-state index is 11.6. The van der Waals surface area contributed by atoms with Crippen molar-refractivity contribution in [2.24, 2.45) is 0 Å². The zero-order chi connectivity index (χ0) is 22.7. The largest absolute Gasteiger partial charge is 0.465 e. The van der Waals surface area contributed by atoms with Gasteiger partial charge in [0.25, 0.3) is 0 Å². The van der Waals surface area contributed by atoms with Gasteiger partial charge in [0, 0.05) is 18.9 Å². The van der Waals surface area contributed by atoms with E-state index in [1.165, 1.54) is 0 Å². The molecule has 1 heterocycles. The zero-order valence-corrected chi connectivity index (χ0v) is 21.9. The summed E-state index contributed by atoms with van der Waals surface area (Å²) in [5.41, 5.74) is 0. The molecule has 29 heavy (non-hydrogen) atoms. The first-order valence-corrected chi connectivity index (χ1v) is 16.0. The first-order valence-electron chi connectivity index (χ1n) is 10.2. The molecule has 1 unspecified atom stereocenters. The second-order valence-electron chi connectivity index (χ2n) is 10.8. The number of hydrogen-bond acceptors (Lipinski definition) is 4. The Labute approximate surface area is 178 Å². The third-order valence-corrected chi connectivity index (χ3v) is 15.4. The number of imidazole rings is 1. The van der Waals surface area contributed by atoms with Gasteiger partial charge in [-0.3, -0.25) is 0 Å². The lowest BCUT2D eigenvalue weighted by molar-refractivity contribution is 0.0688. The predicted molar refractivity (Wildman–Crippen MR) is 122 cm³/mol. The Bertz CT molecular complexity index is 650. The number of carbonyl (C=O) groups is 1. The molecular weight excluding hydrogens is 402 g/mol. The quantitative estimate of drug-likeness (QED) is 0.528. The summed E-state index contributed by atoms with van der Waals surface area (Å²) < 4.78 is 15.0. The van der Waals surface area contributed by atoms with Crippen LogP contribution >= 0.6 is 0 Å². The summed E-state index contributed by atoms with van der Waals surface area (Å²) in [7, 11) is -4.16. The number of rotatable bonds is 9. The first kappa shape index (κ1) is 25.9. The second kappa shape index (κ2) is 9.32. The fourth-order valence-corrected chi connectivity index (χ4v) is 4.69. The molecule has 0 saturated carbocycles. The van der Waals surface area contributed by atoms with Crippen molar-refractivity contribution in [3.05, 3.63) is 18.7 Å². The van der Waals surface area contributed by atoms with Gasteiger partial charge in [0.1, 0.15) is 0 Å². The van der Waals surface area contributed by atoms with E-state index in [0.29, 0.717) is 13.2 Å². The van der Waals surface area contributed by atoms with Crippen LogP contribution in [0.4, 0.5) is 4.79 Å². The van der Waals surface area contributed by atoms with Crippen LogP contribution < -0.4 is 5.32 Å². The maximum atomic E-state index is 11.6. The van der Waals surface area contributed by atoms with Crippen molar-refractivity contribution in [3.8, 4) is 0 Å². The van der Waals surface area contributed by atoms with Gasteiger partial charge < -0.3 is 23.8 Å². The normalized spacial score (nSPS) is 15.8. The van der Waals surface area contributed by atoms with E-state index in [2.05, 4.69) is 78.0 Å². The molecule has 0 aromatic carbocycles. The topological polar surface area (TPSA) is 85.6 Å². The van der Waals surface area contributed by atoms with Crippen LogP contribution in [0.5, 0.6) is 0 Å². The van der Waals surface area contributed by atoms with Crippen molar-refractivity contribution in [1.29, 1.82) is 0 Å². The highest BCUT2D eigenvalue weighted by molar-refractivity contribution is 6.74. The summed E-state index contributed by atoms with van der Waals surface area (Å²) in [5, 5.41) is 12.2. The summed E-state index contributed by atoms with van der Waals surface area (Å²) in [6, 6.07) is -0.444. The smallest absolute Gasteiger partial charge is 0.405 e. The molecule has 1 aromatic rings. The molecule has 0 bridgehead atoms. The van der Waals surface area contributed by atoms with Gasteiger partial charge in [0.2, 0.25) is 0 Å². The Balaban J connectivity index is 3.18. The third kappa shape index (κ3) is 7.54. The van der Waals surface area contributed by atoms with E-state index in [1.54, 1.807) is 12.5 Å². The van der Waals surface area contributed by atoms with Crippen LogP contribution in [0.1, 0.15) is 41.5 Å². The predicted octanol–water partition coefficient (Wildman–Crippen LogP) is 4.93. The highest BCUT2D eigenvalue weighted by atomic mass is 28.4. The Kier molecular flexibility index (Phi) is 8.31. The van der Waals surface area contributed by atoms with Crippen LogP contribution in [-0.4, -0.2) is 56.1 Å². The minimum absolute atomic E-state index is 0.00496. The van der Waals surface area contributed by atoms with Crippen LogP contribution in [-0.2, 0) is 15.4 Å². The van der Waals surface area contributed by atoms with Crippen LogP contribution in [0.25, 0.3) is 0 Å². The monoisotopic (exact) mass is 443 g/mol. The van der Waals surface area contributed by atoms with Crippen molar-refractivity contribution >= 4 is 22.7 Å². The molecule has 2 N–H and O–H groups in total. The number of carboxylic acid groups (broad SMARTS) is 1. The molecule has 1 amide bonds. The van der Waals surface area contributed by atoms with Gasteiger partial charge in [-0.2, -0.15) is 0 Å². The Morgan fingerprint density at radius 3 is 2.07 bits per heavy atom. The van der Waals surface area contributed by atoms with Crippen molar-refractivity contribution < 1.29 is 18.8 Å². The molecule has 0 radical (unpaired) electrons. The summed E-state index contributed by atoms with van der Waals surface area (Å²) in [4.78, 5) is 15.6. The number of hydrogen-bond donors (Lipinski definition) is 2. The lowest BCUT2D eigenvalue weighted by Gasteiger charge is -2.43. The van der Waals surface area contributed by atoms with Gasteiger partial charge in [-0.25, -0.2) is 9.78 Å². The molecule has 168 valence electrons. The third-order valence-electron chi connectivity index (χ3n) is 6.39. The molecule has 7 nitrogen and oxygen atoms in total. The first-order chi connectivity index (χ1) is 13.0. The van der Waals surface area contributed by atoms with Crippen LogP contribution in [0, 0.1) is 0 Å². The molecule has 0 aliphatic carbocycles. The Morgan fingerprint density at radius 2 is 1.66 bits per heavy atom. The van der Waals surface area contributed by atoms with Crippen molar-refractivity contribution in [2.75, 3.05) is 6.61 Å². The minimum Gasteiger partial charge on any atom is -0.465 e. The number of amides is 1. The molecule has 0 saturated heterocycles. The van der Waals surface area contributed by atoms with E-state index < -0.39 is 28.8 Å². The lowest BCUT2D eigenvalue weighted by Crippen LogP contribution is -2.56. The van der Waals surface area contributed by atoms with Gasteiger partial charge in [-0.15, -0.1) is 0 Å². The molecule has 0 spiro atoms. The minimum atomic E-state index is -2.15. The summed E-state index contributed by atoms with van der Waals surface area (Å²) >= 11 is 0. The van der Waals surface area contributed by atoms with E-state index in [0.717, 1.165) is 0 Å². The molecule has 0 aliphatic heterocycles. The van der Waals surface area contributed by atoms with E-state index in [4.69, 9.17) is 8.85 Å². The second-order valence-corrected chi connectivity index (χ2v) is 20.4. The molecular formula is C20H41N3O4Si2. The average Bonchev–Trinajstić information content (AvgIpc) is 3.01. The van der Waals surface area contributed by atoms with Crippen LogP contribution in [0.2, 0.25) is 36.3 Å². The summed E-state index contributed by atoms with van der Waals surface area (Å²) in [5.74, 6) is 0. The Hall–Kier alpha value is -1.17. The highest BCUT2D eigenvalue weighted by Gasteiger charge is 2.43. The van der Waals surface area contributed by atoms with E-state index in [1.807, 2.05) is 10.8 Å². The lowest BCUT2D eigenvalue weighted by atomic mass is 10.1. The van der Waals surface area contributed by atoms with Gasteiger partial charge in [-0.1, -0.05) is 41.5 Å². The molecule has 0 fully saturated rings. The molecule has 9 heteroatoms. The fourth-order valence-electron chi connectivity index (χ4n) is 2.33. The summed E-state index contributed by atoms with van der Waals surface area (Å²) in [6.45, 7) is 22.7. The molecule has 0 aliphatic rings. The van der Waals surface area contributed by atoms with E-state index >= 15 is 0 Å². The number of aromatic nitrogens is 2. The maximum Gasteiger partial charge on any atom is 0.405 e. The summed E-state index contributed by atoms with van der Waals surface area (Å²) in [6.07, 6.45) is 3.76.